The van der Waals surface area contributed by atoms with Crippen molar-refractivity contribution < 1.29 is 4.79 Å². The van der Waals surface area contributed by atoms with Gasteiger partial charge in [0.05, 0.1) is 10.2 Å². The number of pyridine rings is 1. The van der Waals surface area contributed by atoms with Gasteiger partial charge in [-0.15, -0.1) is 11.3 Å². The second-order valence-electron chi connectivity index (χ2n) is 8.67. The lowest BCUT2D eigenvalue weighted by molar-refractivity contribution is 0.102. The van der Waals surface area contributed by atoms with Crippen molar-refractivity contribution in [3.63, 3.8) is 0 Å². The summed E-state index contributed by atoms with van der Waals surface area (Å²) in [5.41, 5.74) is 12.3. The maximum atomic E-state index is 13.7. The molecule has 2 aromatic heterocycles. The molecule has 2 heterocycles. The summed E-state index contributed by atoms with van der Waals surface area (Å²) in [6.45, 7) is 3.96. The second kappa shape index (κ2) is 9.94. The first-order chi connectivity index (χ1) is 17.8. The molecule has 0 aliphatic carbocycles. The van der Waals surface area contributed by atoms with Crippen LogP contribution in [0, 0.1) is 25.2 Å². The van der Waals surface area contributed by atoms with E-state index in [0.717, 1.165) is 22.4 Å². The third-order valence-corrected chi connectivity index (χ3v) is 7.24. The Morgan fingerprint density at radius 1 is 1.00 bits per heavy atom. The van der Waals surface area contributed by atoms with Crippen molar-refractivity contribution in [3.8, 4) is 17.2 Å². The second-order valence-corrected chi connectivity index (χ2v) is 10.1. The van der Waals surface area contributed by atoms with Crippen molar-refractivity contribution in [1.82, 2.24) is 4.98 Å². The zero-order chi connectivity index (χ0) is 26.1. The number of nitrogen functional groups attached to an aromatic ring is 1. The van der Waals surface area contributed by atoms with Crippen LogP contribution in [0.1, 0.15) is 27.0 Å². The number of carbonyl (C=O) groups excluding carboxylic acids is 1. The van der Waals surface area contributed by atoms with E-state index < -0.39 is 0 Å². The minimum absolute atomic E-state index is 0.0597. The normalized spacial score (nSPS) is 10.8. The molecule has 37 heavy (non-hydrogen) atoms. The van der Waals surface area contributed by atoms with E-state index in [1.165, 1.54) is 11.3 Å². The van der Waals surface area contributed by atoms with Gasteiger partial charge in [0.15, 0.2) is 0 Å². The van der Waals surface area contributed by atoms with Crippen LogP contribution in [0.25, 0.3) is 21.3 Å². The number of halogens is 1. The van der Waals surface area contributed by atoms with E-state index in [9.17, 15) is 10.1 Å². The molecule has 0 unspecified atom stereocenters. The van der Waals surface area contributed by atoms with Crippen molar-refractivity contribution in [2.24, 2.45) is 0 Å². The van der Waals surface area contributed by atoms with Gasteiger partial charge in [-0.1, -0.05) is 48.0 Å². The number of rotatable bonds is 5. The first-order valence-corrected chi connectivity index (χ1v) is 12.7. The lowest BCUT2D eigenvalue weighted by Crippen LogP contribution is -2.13. The van der Waals surface area contributed by atoms with Crippen LogP contribution in [0.5, 0.6) is 0 Å². The third-order valence-electron chi connectivity index (χ3n) is 5.87. The average Bonchev–Trinajstić information content (AvgIpc) is 3.21. The minimum Gasteiger partial charge on any atom is -0.383 e. The number of hydrogen-bond donors (Lipinski definition) is 3. The fourth-order valence-corrected chi connectivity index (χ4v) is 5.55. The molecule has 0 fully saturated rings. The van der Waals surface area contributed by atoms with E-state index in [0.29, 0.717) is 37.1 Å². The van der Waals surface area contributed by atoms with Gasteiger partial charge < -0.3 is 16.4 Å². The molecule has 0 atom stereocenters. The Hall–Kier alpha value is -4.38. The number of thiophene rings is 1. The maximum absolute atomic E-state index is 13.7. The Labute approximate surface area is 223 Å². The number of aromatic nitrogens is 1. The average molecular weight is 524 g/mol. The Morgan fingerprint density at radius 2 is 1.65 bits per heavy atom. The number of aryl methyl sites for hydroxylation is 2. The summed E-state index contributed by atoms with van der Waals surface area (Å²) in [4.78, 5) is 18.3. The fraction of sp³-hybridized carbons (Fsp3) is 0.0690. The number of anilines is 4. The van der Waals surface area contributed by atoms with Crippen molar-refractivity contribution in [1.29, 1.82) is 5.26 Å². The Balaban J connectivity index is 1.75. The molecule has 0 radical (unpaired) electrons. The SMILES string of the molecule is Cc1cccc(NC(=O)c2c(Nc3cccc(C)c3)sc3c(-c4ccc(Cl)cc4)c(C#N)c(N)nc23)c1. The summed E-state index contributed by atoms with van der Waals surface area (Å²) in [5.74, 6) is -0.268. The topological polar surface area (TPSA) is 104 Å². The smallest absolute Gasteiger partial charge is 0.260 e. The van der Waals surface area contributed by atoms with Gasteiger partial charge in [-0.25, -0.2) is 4.98 Å². The molecule has 1 amide bonds. The first-order valence-electron chi connectivity index (χ1n) is 11.5. The molecule has 0 saturated carbocycles. The van der Waals surface area contributed by atoms with Crippen molar-refractivity contribution in [2.45, 2.75) is 13.8 Å². The molecule has 4 N–H and O–H groups in total. The number of nitrogens with zero attached hydrogens (tertiary/aromatic N) is 2. The number of amides is 1. The number of fused-ring (bicyclic) bond motifs is 1. The van der Waals surface area contributed by atoms with E-state index in [2.05, 4.69) is 21.7 Å². The number of benzene rings is 3. The van der Waals surface area contributed by atoms with E-state index in [1.54, 1.807) is 12.1 Å². The van der Waals surface area contributed by atoms with Crippen LogP contribution >= 0.6 is 22.9 Å². The summed E-state index contributed by atoms with van der Waals surface area (Å²) in [6.07, 6.45) is 0. The zero-order valence-electron chi connectivity index (χ0n) is 20.1. The molecule has 0 spiro atoms. The molecule has 6 nitrogen and oxygen atoms in total. The summed E-state index contributed by atoms with van der Waals surface area (Å²) in [7, 11) is 0. The van der Waals surface area contributed by atoms with Gasteiger partial charge in [-0.3, -0.25) is 4.79 Å². The van der Waals surface area contributed by atoms with Gasteiger partial charge in [0.25, 0.3) is 5.91 Å². The highest BCUT2D eigenvalue weighted by Crippen LogP contribution is 2.44. The van der Waals surface area contributed by atoms with Crippen LogP contribution in [0.15, 0.2) is 72.8 Å². The molecule has 182 valence electrons. The standard InChI is InChI=1S/C29H22ClN5OS/c1-16-5-3-7-20(13-16)33-28(36)24-25-26(37-29(24)34-21-8-4-6-17(2)14-21)23(22(15-31)27(32)35-25)18-9-11-19(30)12-10-18/h3-14,34H,1-2H3,(H2,32,35)(H,33,36). The molecule has 0 aliphatic rings. The van der Waals surface area contributed by atoms with Gasteiger partial charge in [0.2, 0.25) is 0 Å². The summed E-state index contributed by atoms with van der Waals surface area (Å²) >= 11 is 7.48. The van der Waals surface area contributed by atoms with Gasteiger partial charge in [-0.2, -0.15) is 5.26 Å². The number of nitriles is 1. The number of nitrogens with two attached hydrogens (primary N) is 1. The van der Waals surface area contributed by atoms with Crippen LogP contribution in [-0.2, 0) is 0 Å². The van der Waals surface area contributed by atoms with Crippen molar-refractivity contribution >= 4 is 61.3 Å². The highest BCUT2D eigenvalue weighted by Gasteiger charge is 2.26. The Kier molecular flexibility index (Phi) is 6.53. The van der Waals surface area contributed by atoms with Crippen LogP contribution in [0.2, 0.25) is 5.02 Å². The van der Waals surface area contributed by atoms with E-state index in [4.69, 9.17) is 17.3 Å². The van der Waals surface area contributed by atoms with Gasteiger partial charge >= 0.3 is 0 Å². The number of carbonyl (C=O) groups is 1. The van der Waals surface area contributed by atoms with Gasteiger partial charge in [-0.05, 0) is 66.9 Å². The van der Waals surface area contributed by atoms with Gasteiger partial charge in [0.1, 0.15) is 28.0 Å². The third kappa shape index (κ3) is 4.85. The first kappa shape index (κ1) is 24.3. The van der Waals surface area contributed by atoms with Crippen LogP contribution < -0.4 is 16.4 Å². The predicted molar refractivity (Wildman–Crippen MR) is 153 cm³/mol. The monoisotopic (exact) mass is 523 g/mol. The lowest BCUT2D eigenvalue weighted by atomic mass is 10.00. The fourth-order valence-electron chi connectivity index (χ4n) is 4.19. The van der Waals surface area contributed by atoms with Gasteiger partial charge in [0, 0.05) is 22.0 Å². The molecule has 0 saturated heterocycles. The highest BCUT2D eigenvalue weighted by molar-refractivity contribution is 7.24. The molecular formula is C29H22ClN5OS. The Morgan fingerprint density at radius 3 is 2.30 bits per heavy atom. The molecule has 5 rings (SSSR count). The van der Waals surface area contributed by atoms with E-state index >= 15 is 0 Å². The molecule has 5 aromatic rings. The van der Waals surface area contributed by atoms with Crippen LogP contribution in [-0.4, -0.2) is 10.9 Å². The molecule has 0 aliphatic heterocycles. The van der Waals surface area contributed by atoms with Crippen molar-refractivity contribution in [3.05, 3.63) is 100 Å². The molecule has 8 heteroatoms. The quantitative estimate of drug-likeness (QED) is 0.219. The zero-order valence-corrected chi connectivity index (χ0v) is 21.7. The summed E-state index contributed by atoms with van der Waals surface area (Å²) < 4.78 is 0.678. The summed E-state index contributed by atoms with van der Waals surface area (Å²) in [6, 6.07) is 24.8. The molecular weight excluding hydrogens is 502 g/mol. The molecule has 0 bridgehead atoms. The van der Waals surface area contributed by atoms with E-state index in [-0.39, 0.29) is 17.3 Å². The molecule has 3 aromatic carbocycles. The highest BCUT2D eigenvalue weighted by atomic mass is 35.5. The van der Waals surface area contributed by atoms with Crippen LogP contribution in [0.4, 0.5) is 22.2 Å². The minimum atomic E-state index is -0.328. The van der Waals surface area contributed by atoms with E-state index in [1.807, 2.05) is 74.5 Å². The number of nitrogens with one attached hydrogen (secondary N) is 2. The van der Waals surface area contributed by atoms with Crippen molar-refractivity contribution in [2.75, 3.05) is 16.4 Å². The number of hydrogen-bond acceptors (Lipinski definition) is 6. The van der Waals surface area contributed by atoms with Crippen LogP contribution in [0.3, 0.4) is 0 Å². The lowest BCUT2D eigenvalue weighted by Gasteiger charge is -2.11. The maximum Gasteiger partial charge on any atom is 0.260 e. The predicted octanol–water partition coefficient (Wildman–Crippen LogP) is 7.68. The summed E-state index contributed by atoms with van der Waals surface area (Å²) in [5, 5.41) is 17.5. The largest absolute Gasteiger partial charge is 0.383 e. The Bertz CT molecular complexity index is 1700.